The summed E-state index contributed by atoms with van der Waals surface area (Å²) in [7, 11) is 0. The first kappa shape index (κ1) is 19.0. The first-order chi connectivity index (χ1) is 13.0. The molecule has 0 amide bonds. The zero-order valence-corrected chi connectivity index (χ0v) is 16.7. The molecular weight excluding hydrogens is 387 g/mol. The van der Waals surface area contributed by atoms with E-state index in [0.717, 1.165) is 39.4 Å². The lowest BCUT2D eigenvalue weighted by atomic mass is 10.1. The number of rotatable bonds is 5. The van der Waals surface area contributed by atoms with Gasteiger partial charge in [-0.3, -0.25) is 9.69 Å². The molecule has 2 atom stereocenters. The second-order valence-electron chi connectivity index (χ2n) is 7.03. The Kier molecular flexibility index (Phi) is 5.60. The van der Waals surface area contributed by atoms with Gasteiger partial charge < -0.3 is 9.64 Å². The zero-order valence-electron chi connectivity index (χ0n) is 15.2. The van der Waals surface area contributed by atoms with Crippen molar-refractivity contribution >= 4 is 29.1 Å². The summed E-state index contributed by atoms with van der Waals surface area (Å²) >= 11 is 7.66. The SMILES string of the molecule is CC1=CC2C=C(C(=O)c3ccc(F)cc3Cl)SC2N1CCN1CCOCC1. The minimum atomic E-state index is -0.436. The summed E-state index contributed by atoms with van der Waals surface area (Å²) in [5.74, 6) is -0.342. The van der Waals surface area contributed by atoms with Gasteiger partial charge in [0, 0.05) is 43.4 Å². The monoisotopic (exact) mass is 408 g/mol. The number of ether oxygens (including phenoxy) is 1. The highest BCUT2D eigenvalue weighted by atomic mass is 35.5. The Morgan fingerprint density at radius 3 is 2.81 bits per heavy atom. The lowest BCUT2D eigenvalue weighted by molar-refractivity contribution is 0.0346. The topological polar surface area (TPSA) is 32.8 Å². The molecule has 3 aliphatic rings. The predicted octanol–water partition coefficient (Wildman–Crippen LogP) is 3.79. The highest BCUT2D eigenvalue weighted by molar-refractivity contribution is 8.04. The number of hydrogen-bond donors (Lipinski definition) is 0. The van der Waals surface area contributed by atoms with E-state index in [0.29, 0.717) is 10.5 Å². The third kappa shape index (κ3) is 3.94. The van der Waals surface area contributed by atoms with Crippen LogP contribution in [0.3, 0.4) is 0 Å². The molecule has 27 heavy (non-hydrogen) atoms. The fourth-order valence-corrected chi connectivity index (χ4v) is 5.47. The molecule has 4 rings (SSSR count). The smallest absolute Gasteiger partial charge is 0.200 e. The van der Waals surface area contributed by atoms with Crippen LogP contribution in [0.15, 0.2) is 41.0 Å². The molecule has 1 aromatic carbocycles. The molecule has 0 aliphatic carbocycles. The third-order valence-corrected chi connectivity index (χ3v) is 6.97. The number of carbonyl (C=O) groups is 1. The van der Waals surface area contributed by atoms with Gasteiger partial charge in [-0.15, -0.1) is 0 Å². The first-order valence-electron chi connectivity index (χ1n) is 9.16. The van der Waals surface area contributed by atoms with Gasteiger partial charge in [-0.1, -0.05) is 35.5 Å². The van der Waals surface area contributed by atoms with Crippen LogP contribution in [-0.2, 0) is 4.74 Å². The molecule has 1 fully saturated rings. The van der Waals surface area contributed by atoms with Crippen LogP contribution in [0.1, 0.15) is 17.3 Å². The van der Waals surface area contributed by atoms with Gasteiger partial charge in [-0.25, -0.2) is 4.39 Å². The van der Waals surface area contributed by atoms with Crippen LogP contribution in [-0.4, -0.2) is 60.3 Å². The van der Waals surface area contributed by atoms with Gasteiger partial charge in [-0.05, 0) is 25.1 Å². The van der Waals surface area contributed by atoms with E-state index < -0.39 is 5.82 Å². The summed E-state index contributed by atoms with van der Waals surface area (Å²) in [6, 6.07) is 3.93. The van der Waals surface area contributed by atoms with Crippen LogP contribution in [0.4, 0.5) is 4.39 Å². The maximum atomic E-state index is 13.3. The van der Waals surface area contributed by atoms with Crippen LogP contribution in [0.2, 0.25) is 5.02 Å². The number of hydrogen-bond acceptors (Lipinski definition) is 5. The number of morpholine rings is 1. The molecule has 144 valence electrons. The number of allylic oxidation sites excluding steroid dienone is 2. The van der Waals surface area contributed by atoms with Crippen molar-refractivity contribution in [1.82, 2.24) is 9.80 Å². The molecule has 1 aromatic rings. The van der Waals surface area contributed by atoms with E-state index >= 15 is 0 Å². The molecule has 0 N–H and O–H groups in total. The maximum Gasteiger partial charge on any atom is 0.200 e. The molecule has 4 nitrogen and oxygen atoms in total. The second-order valence-corrected chi connectivity index (χ2v) is 8.59. The summed E-state index contributed by atoms with van der Waals surface area (Å²) in [6.07, 6.45) is 4.25. The number of benzene rings is 1. The van der Waals surface area contributed by atoms with Crippen molar-refractivity contribution in [3.05, 3.63) is 57.4 Å². The summed E-state index contributed by atoms with van der Waals surface area (Å²) in [4.78, 5) is 18.3. The number of carbonyl (C=O) groups excluding carboxylic acids is 1. The Balaban J connectivity index is 1.43. The van der Waals surface area contributed by atoms with Crippen molar-refractivity contribution in [3.63, 3.8) is 0 Å². The highest BCUT2D eigenvalue weighted by Gasteiger charge is 2.39. The summed E-state index contributed by atoms with van der Waals surface area (Å²) in [5.41, 5.74) is 1.62. The van der Waals surface area contributed by atoms with E-state index in [1.165, 1.54) is 23.9 Å². The van der Waals surface area contributed by atoms with E-state index in [4.69, 9.17) is 16.3 Å². The number of halogens is 2. The van der Waals surface area contributed by atoms with Crippen molar-refractivity contribution in [2.24, 2.45) is 5.92 Å². The highest BCUT2D eigenvalue weighted by Crippen LogP contribution is 2.46. The number of ketones is 1. The standard InChI is InChI=1S/C20H22ClFN2O2S/c1-13-10-14-11-18(19(25)16-3-2-15(22)12-17(16)21)27-20(14)24(13)5-4-23-6-8-26-9-7-23/h2-3,10-12,14,20H,4-9H2,1H3. The molecule has 7 heteroatoms. The van der Waals surface area contributed by atoms with E-state index in [9.17, 15) is 9.18 Å². The predicted molar refractivity (Wildman–Crippen MR) is 106 cm³/mol. The van der Waals surface area contributed by atoms with Gasteiger partial charge in [0.15, 0.2) is 0 Å². The lowest BCUT2D eigenvalue weighted by Crippen LogP contribution is -2.42. The molecule has 0 radical (unpaired) electrons. The number of thioether (sulfide) groups is 1. The Morgan fingerprint density at radius 1 is 1.30 bits per heavy atom. The summed E-state index contributed by atoms with van der Waals surface area (Å²) in [5, 5.41) is 0.374. The van der Waals surface area contributed by atoms with E-state index in [1.54, 1.807) is 11.8 Å². The van der Waals surface area contributed by atoms with Crippen molar-refractivity contribution in [2.75, 3.05) is 39.4 Å². The Labute approximate surface area is 168 Å². The molecule has 0 aromatic heterocycles. The van der Waals surface area contributed by atoms with E-state index in [1.807, 2.05) is 6.08 Å². The number of Topliss-reactive ketones (excluding diaryl/α,β-unsaturated/α-hetero) is 1. The summed E-state index contributed by atoms with van der Waals surface area (Å²) in [6.45, 7) is 7.60. The molecule has 0 bridgehead atoms. The van der Waals surface area contributed by atoms with Gasteiger partial charge in [0.05, 0.1) is 28.5 Å². The Hall–Kier alpha value is -1.34. The van der Waals surface area contributed by atoms with E-state index in [2.05, 4.69) is 22.8 Å². The second kappa shape index (κ2) is 7.95. The Bertz CT molecular complexity index is 807. The zero-order chi connectivity index (χ0) is 19.0. The van der Waals surface area contributed by atoms with Gasteiger partial charge in [0.25, 0.3) is 0 Å². The third-order valence-electron chi connectivity index (χ3n) is 5.28. The largest absolute Gasteiger partial charge is 0.379 e. The molecule has 0 saturated carbocycles. The van der Waals surface area contributed by atoms with Gasteiger partial charge in [0.2, 0.25) is 5.78 Å². The normalized spacial score (nSPS) is 25.4. The average molecular weight is 409 g/mol. The Morgan fingerprint density at radius 2 is 2.07 bits per heavy atom. The van der Waals surface area contributed by atoms with Crippen LogP contribution in [0.25, 0.3) is 0 Å². The van der Waals surface area contributed by atoms with Crippen molar-refractivity contribution in [3.8, 4) is 0 Å². The molecule has 3 aliphatic heterocycles. The molecule has 0 spiro atoms. The van der Waals surface area contributed by atoms with Crippen LogP contribution in [0, 0.1) is 11.7 Å². The lowest BCUT2D eigenvalue weighted by Gasteiger charge is -2.32. The quantitative estimate of drug-likeness (QED) is 0.692. The fraction of sp³-hybridized carbons (Fsp3) is 0.450. The first-order valence-corrected chi connectivity index (χ1v) is 10.4. The van der Waals surface area contributed by atoms with Gasteiger partial charge in [0.1, 0.15) is 5.82 Å². The van der Waals surface area contributed by atoms with Crippen molar-refractivity contribution in [1.29, 1.82) is 0 Å². The van der Waals surface area contributed by atoms with Gasteiger partial charge in [-0.2, -0.15) is 0 Å². The summed E-state index contributed by atoms with van der Waals surface area (Å²) < 4.78 is 18.7. The van der Waals surface area contributed by atoms with Crippen molar-refractivity contribution < 1.29 is 13.9 Å². The van der Waals surface area contributed by atoms with Gasteiger partial charge >= 0.3 is 0 Å². The fourth-order valence-electron chi connectivity index (χ4n) is 3.79. The average Bonchev–Trinajstić information content (AvgIpc) is 3.17. The van der Waals surface area contributed by atoms with E-state index in [-0.39, 0.29) is 22.1 Å². The number of nitrogens with zero attached hydrogens (tertiary/aromatic N) is 2. The minimum Gasteiger partial charge on any atom is -0.379 e. The number of fused-ring (bicyclic) bond motifs is 1. The maximum absolute atomic E-state index is 13.3. The van der Waals surface area contributed by atoms with Crippen molar-refractivity contribution in [2.45, 2.75) is 12.3 Å². The molecule has 1 saturated heterocycles. The van der Waals surface area contributed by atoms with Crippen LogP contribution >= 0.6 is 23.4 Å². The minimum absolute atomic E-state index is 0.126. The van der Waals surface area contributed by atoms with Crippen LogP contribution < -0.4 is 0 Å². The molecule has 2 unspecified atom stereocenters. The van der Waals surface area contributed by atoms with Crippen LogP contribution in [0.5, 0.6) is 0 Å². The molecular formula is C20H22ClFN2O2S. The molecule has 3 heterocycles.